The van der Waals surface area contributed by atoms with Gasteiger partial charge in [0.15, 0.2) is 18.9 Å². The van der Waals surface area contributed by atoms with E-state index in [9.17, 15) is 5.11 Å². The molecule has 0 aromatic heterocycles. The fraction of sp³-hybridized carbons (Fsp3) is 0.684. The number of benzene rings is 1. The molecule has 1 aliphatic rings. The number of nitrogen functional groups attached to an aromatic ring is 1. The van der Waals surface area contributed by atoms with Gasteiger partial charge in [-0.15, -0.1) is 0 Å². The maximum atomic E-state index is 9.24. The van der Waals surface area contributed by atoms with Crippen LogP contribution >= 0.6 is 0 Å². The Kier molecular flexibility index (Phi) is 6.32. The number of ether oxygens (including phenoxy) is 3. The van der Waals surface area contributed by atoms with Gasteiger partial charge in [-0.2, -0.15) is 0 Å². The highest BCUT2D eigenvalue weighted by Crippen LogP contribution is 2.41. The summed E-state index contributed by atoms with van der Waals surface area (Å²) in [5.74, 6) is 0. The molecule has 0 saturated heterocycles. The molecule has 0 aliphatic carbocycles. The van der Waals surface area contributed by atoms with E-state index < -0.39 is 18.9 Å². The molecule has 1 heterocycles. The summed E-state index contributed by atoms with van der Waals surface area (Å²) >= 11 is 0. The molecule has 0 radical (unpaired) electrons. The zero-order valence-electron chi connectivity index (χ0n) is 16.2. The van der Waals surface area contributed by atoms with Crippen LogP contribution < -0.4 is 10.6 Å². The molecule has 1 aliphatic heterocycles. The number of anilines is 2. The van der Waals surface area contributed by atoms with Gasteiger partial charge in [-0.1, -0.05) is 13.8 Å². The molecule has 1 aromatic rings. The normalized spacial score (nSPS) is 21.3. The van der Waals surface area contributed by atoms with E-state index in [1.807, 2.05) is 19.9 Å². The zero-order valence-corrected chi connectivity index (χ0v) is 16.2. The second-order valence-corrected chi connectivity index (χ2v) is 7.35. The third kappa shape index (κ3) is 5.07. The first-order valence-corrected chi connectivity index (χ1v) is 8.91. The van der Waals surface area contributed by atoms with Gasteiger partial charge in [-0.05, 0) is 63.3 Å². The lowest BCUT2D eigenvalue weighted by Gasteiger charge is -2.43. The van der Waals surface area contributed by atoms with Gasteiger partial charge in [0.25, 0.3) is 0 Å². The molecular weight excluding hydrogens is 320 g/mol. The Bertz CT molecular complexity index is 577. The average molecular weight is 352 g/mol. The minimum atomic E-state index is -0.874. The summed E-state index contributed by atoms with van der Waals surface area (Å²) in [6.45, 7) is 12.5. The molecule has 142 valence electrons. The average Bonchev–Trinajstić information content (AvgIpc) is 2.46. The zero-order chi connectivity index (χ0) is 18.8. The monoisotopic (exact) mass is 352 g/mol. The molecule has 0 bridgehead atoms. The summed E-state index contributed by atoms with van der Waals surface area (Å²) in [5.41, 5.74) is 9.26. The first-order valence-electron chi connectivity index (χ1n) is 8.91. The summed E-state index contributed by atoms with van der Waals surface area (Å²) in [6, 6.07) is 6.06. The Labute approximate surface area is 150 Å². The molecule has 4 unspecified atom stereocenters. The van der Waals surface area contributed by atoms with Crippen molar-refractivity contribution < 1.29 is 19.3 Å². The van der Waals surface area contributed by atoms with Crippen molar-refractivity contribution in [3.05, 3.63) is 23.8 Å². The second kappa shape index (κ2) is 7.91. The summed E-state index contributed by atoms with van der Waals surface area (Å²) in [5, 5.41) is 9.24. The van der Waals surface area contributed by atoms with Gasteiger partial charge in [-0.3, -0.25) is 0 Å². The maximum Gasteiger partial charge on any atom is 0.161 e. The number of aliphatic hydroxyl groups is 1. The summed E-state index contributed by atoms with van der Waals surface area (Å²) in [6.07, 6.45) is -1.02. The van der Waals surface area contributed by atoms with Crippen molar-refractivity contribution in [3.63, 3.8) is 0 Å². The fourth-order valence-corrected chi connectivity index (χ4v) is 3.34. The Morgan fingerprint density at radius 3 is 2.36 bits per heavy atom. The van der Waals surface area contributed by atoms with Crippen LogP contribution in [0.15, 0.2) is 18.2 Å². The minimum absolute atomic E-state index is 0.0860. The number of nitrogens with two attached hydrogens (primary N) is 1. The van der Waals surface area contributed by atoms with Crippen LogP contribution in [0.3, 0.4) is 0 Å². The topological polar surface area (TPSA) is 77.2 Å². The minimum Gasteiger partial charge on any atom is -0.399 e. The van der Waals surface area contributed by atoms with E-state index in [4.69, 9.17) is 19.9 Å². The van der Waals surface area contributed by atoms with Crippen molar-refractivity contribution in [1.82, 2.24) is 0 Å². The van der Waals surface area contributed by atoms with Crippen molar-refractivity contribution in [2.75, 3.05) is 17.2 Å². The molecule has 0 spiro atoms. The maximum absolute atomic E-state index is 9.24. The van der Waals surface area contributed by atoms with E-state index in [1.54, 1.807) is 13.8 Å². The van der Waals surface area contributed by atoms with Gasteiger partial charge in [0, 0.05) is 17.9 Å². The number of rotatable bonds is 7. The van der Waals surface area contributed by atoms with Gasteiger partial charge in [0.2, 0.25) is 0 Å². The van der Waals surface area contributed by atoms with Crippen molar-refractivity contribution in [3.8, 4) is 0 Å². The number of fused-ring (bicyclic) bond motifs is 1. The van der Waals surface area contributed by atoms with Crippen LogP contribution in [0.25, 0.3) is 0 Å². The number of nitrogens with zero attached hydrogens (tertiary/aromatic N) is 1. The standard InChI is InChI=1S/C19H32N2O4/c1-12(23-14(3)25-15(4)24-13(2)22)21-10-9-19(5,6)17-11-16(20)7-8-18(17)21/h7-8,11-15,22H,9-10,20H2,1-6H3. The summed E-state index contributed by atoms with van der Waals surface area (Å²) in [7, 11) is 0. The Morgan fingerprint density at radius 2 is 1.72 bits per heavy atom. The first-order chi connectivity index (χ1) is 11.6. The lowest BCUT2D eigenvalue weighted by Crippen LogP contribution is -2.45. The molecule has 6 nitrogen and oxygen atoms in total. The molecule has 3 N–H and O–H groups in total. The molecule has 0 amide bonds. The van der Waals surface area contributed by atoms with Gasteiger partial charge in [0.1, 0.15) is 6.23 Å². The fourth-order valence-electron chi connectivity index (χ4n) is 3.34. The largest absolute Gasteiger partial charge is 0.399 e. The van der Waals surface area contributed by atoms with E-state index in [2.05, 4.69) is 30.9 Å². The number of hydrogen-bond donors (Lipinski definition) is 2. The van der Waals surface area contributed by atoms with Gasteiger partial charge in [-0.25, -0.2) is 0 Å². The van der Waals surface area contributed by atoms with Crippen LogP contribution in [0.5, 0.6) is 0 Å². The second-order valence-electron chi connectivity index (χ2n) is 7.35. The lowest BCUT2D eigenvalue weighted by molar-refractivity contribution is -0.277. The highest BCUT2D eigenvalue weighted by molar-refractivity contribution is 5.64. The molecule has 2 rings (SSSR count). The van der Waals surface area contributed by atoms with Crippen molar-refractivity contribution in [1.29, 1.82) is 0 Å². The van der Waals surface area contributed by atoms with Crippen LogP contribution in [-0.4, -0.2) is 36.7 Å². The third-order valence-electron chi connectivity index (χ3n) is 4.64. The van der Waals surface area contributed by atoms with Gasteiger partial charge >= 0.3 is 0 Å². The summed E-state index contributed by atoms with van der Waals surface area (Å²) < 4.78 is 16.8. The van der Waals surface area contributed by atoms with Crippen molar-refractivity contribution >= 4 is 11.4 Å². The Morgan fingerprint density at radius 1 is 1.08 bits per heavy atom. The van der Waals surface area contributed by atoms with E-state index in [0.717, 1.165) is 24.3 Å². The molecule has 0 fully saturated rings. The van der Waals surface area contributed by atoms with Crippen molar-refractivity contribution in [2.24, 2.45) is 0 Å². The SMILES string of the molecule is CC(O)OC(C)OC(C)OC(C)N1CCC(C)(C)c2cc(N)ccc21. The predicted octanol–water partition coefficient (Wildman–Crippen LogP) is 3.18. The molecule has 1 aromatic carbocycles. The Balaban J connectivity index is 2.06. The number of hydrogen-bond acceptors (Lipinski definition) is 6. The highest BCUT2D eigenvalue weighted by Gasteiger charge is 2.33. The van der Waals surface area contributed by atoms with Crippen molar-refractivity contribution in [2.45, 2.75) is 78.5 Å². The van der Waals surface area contributed by atoms with Gasteiger partial charge in [0.05, 0.1) is 0 Å². The van der Waals surface area contributed by atoms with E-state index >= 15 is 0 Å². The molecule has 6 heteroatoms. The first kappa shape index (κ1) is 20.0. The molecule has 0 saturated carbocycles. The van der Waals surface area contributed by atoms with E-state index in [-0.39, 0.29) is 11.6 Å². The smallest absolute Gasteiger partial charge is 0.161 e. The molecule has 4 atom stereocenters. The lowest BCUT2D eigenvalue weighted by atomic mass is 9.77. The van der Waals surface area contributed by atoms with Crippen LogP contribution in [0, 0.1) is 0 Å². The van der Waals surface area contributed by atoms with Crippen LogP contribution in [0.1, 0.15) is 53.5 Å². The van der Waals surface area contributed by atoms with Crippen LogP contribution in [0.2, 0.25) is 0 Å². The number of aliphatic hydroxyl groups excluding tert-OH is 1. The third-order valence-corrected chi connectivity index (χ3v) is 4.64. The molecule has 25 heavy (non-hydrogen) atoms. The summed E-state index contributed by atoms with van der Waals surface area (Å²) in [4.78, 5) is 2.24. The van der Waals surface area contributed by atoms with E-state index in [0.29, 0.717) is 0 Å². The highest BCUT2D eigenvalue weighted by atomic mass is 16.8. The van der Waals surface area contributed by atoms with Crippen LogP contribution in [-0.2, 0) is 19.6 Å². The van der Waals surface area contributed by atoms with Gasteiger partial charge < -0.3 is 30.0 Å². The van der Waals surface area contributed by atoms with E-state index in [1.165, 1.54) is 5.56 Å². The Hall–Kier alpha value is -1.34. The van der Waals surface area contributed by atoms with Crippen LogP contribution in [0.4, 0.5) is 11.4 Å². The predicted molar refractivity (Wildman–Crippen MR) is 99.2 cm³/mol. The molecular formula is C19H32N2O4. The quantitative estimate of drug-likeness (QED) is 0.580.